The van der Waals surface area contributed by atoms with Crippen molar-refractivity contribution in [3.05, 3.63) is 35.3 Å². The highest BCUT2D eigenvalue weighted by atomic mass is 32.1. The summed E-state index contributed by atoms with van der Waals surface area (Å²) in [5.41, 5.74) is 1.33. The van der Waals surface area contributed by atoms with Gasteiger partial charge in [0.05, 0.1) is 12.7 Å². The van der Waals surface area contributed by atoms with E-state index >= 15 is 0 Å². The maximum absolute atomic E-state index is 12.9. The minimum absolute atomic E-state index is 0.0279. The minimum Gasteiger partial charge on any atom is -0.496 e. The van der Waals surface area contributed by atoms with E-state index in [9.17, 15) is 9.59 Å². The predicted molar refractivity (Wildman–Crippen MR) is 115 cm³/mol. The number of likely N-dealkylation sites (tertiary alicyclic amines) is 1. The molecule has 1 aliphatic rings. The van der Waals surface area contributed by atoms with Gasteiger partial charge < -0.3 is 15.0 Å². The molecule has 1 saturated heterocycles. The molecule has 3 rings (SSSR count). The van der Waals surface area contributed by atoms with Crippen LogP contribution in [0.3, 0.4) is 0 Å². The summed E-state index contributed by atoms with van der Waals surface area (Å²) in [5, 5.41) is 5.66. The average Bonchev–Trinajstić information content (AvgIpc) is 3.23. The quantitative estimate of drug-likeness (QED) is 0.778. The van der Waals surface area contributed by atoms with Crippen molar-refractivity contribution >= 4 is 23.2 Å². The van der Waals surface area contributed by atoms with Crippen LogP contribution in [0.15, 0.2) is 29.6 Å². The van der Waals surface area contributed by atoms with Crippen molar-refractivity contribution in [2.24, 2.45) is 11.8 Å². The molecule has 2 heterocycles. The van der Waals surface area contributed by atoms with Crippen molar-refractivity contribution in [3.63, 3.8) is 0 Å². The number of nitrogens with zero attached hydrogens (tertiary/aromatic N) is 2. The van der Waals surface area contributed by atoms with Crippen LogP contribution >= 0.6 is 11.3 Å². The van der Waals surface area contributed by atoms with Gasteiger partial charge in [-0.3, -0.25) is 9.59 Å². The molecule has 0 spiro atoms. The number of hydrogen-bond acceptors (Lipinski definition) is 5. The number of para-hydroxylation sites is 1. The van der Waals surface area contributed by atoms with Crippen LogP contribution in [-0.2, 0) is 4.79 Å². The van der Waals surface area contributed by atoms with E-state index in [1.807, 2.05) is 31.2 Å². The zero-order chi connectivity index (χ0) is 21.0. The van der Waals surface area contributed by atoms with Crippen molar-refractivity contribution in [3.8, 4) is 16.3 Å². The Balaban J connectivity index is 1.60. The standard InChI is InChI=1S/C22H29N3O3S/c1-14(2)15(3)23-20(26)16-9-11-25(12-10-16)22(27)18-13-29-21(24-18)17-7-5-6-8-19(17)28-4/h5-8,13-16H,9-12H2,1-4H3,(H,23,26). The topological polar surface area (TPSA) is 71.5 Å². The number of methoxy groups -OCH3 is 1. The third-order valence-electron chi connectivity index (χ3n) is 5.58. The highest BCUT2D eigenvalue weighted by Gasteiger charge is 2.29. The summed E-state index contributed by atoms with van der Waals surface area (Å²) in [5.74, 6) is 1.15. The average molecular weight is 416 g/mol. The van der Waals surface area contributed by atoms with Crippen LogP contribution in [-0.4, -0.2) is 47.9 Å². The molecule has 1 aliphatic heterocycles. The van der Waals surface area contributed by atoms with Crippen molar-refractivity contribution in [2.75, 3.05) is 20.2 Å². The van der Waals surface area contributed by atoms with E-state index in [1.165, 1.54) is 11.3 Å². The van der Waals surface area contributed by atoms with Gasteiger partial charge in [0.15, 0.2) is 0 Å². The molecule has 1 aromatic heterocycles. The molecule has 0 aliphatic carbocycles. The lowest BCUT2D eigenvalue weighted by Crippen LogP contribution is -2.45. The Bertz CT molecular complexity index is 856. The van der Waals surface area contributed by atoms with Gasteiger partial charge in [-0.25, -0.2) is 4.98 Å². The van der Waals surface area contributed by atoms with E-state index in [0.717, 1.165) is 16.3 Å². The highest BCUT2D eigenvalue weighted by Crippen LogP contribution is 2.32. The molecule has 6 nitrogen and oxygen atoms in total. The maximum atomic E-state index is 12.9. The molecule has 0 saturated carbocycles. The zero-order valence-electron chi connectivity index (χ0n) is 17.5. The number of hydrogen-bond donors (Lipinski definition) is 1. The molecule has 2 aromatic rings. The number of rotatable bonds is 6. The number of aromatic nitrogens is 1. The van der Waals surface area contributed by atoms with Gasteiger partial charge in [-0.05, 0) is 37.8 Å². The molecule has 0 bridgehead atoms. The second kappa shape index (κ2) is 9.39. The van der Waals surface area contributed by atoms with E-state index in [0.29, 0.717) is 37.5 Å². The zero-order valence-corrected chi connectivity index (χ0v) is 18.3. The molecule has 2 amide bonds. The normalized spacial score (nSPS) is 16.0. The number of carbonyl (C=O) groups excluding carboxylic acids is 2. The number of nitrogens with one attached hydrogen (secondary N) is 1. The summed E-state index contributed by atoms with van der Waals surface area (Å²) in [6.45, 7) is 7.38. The number of amides is 2. The van der Waals surface area contributed by atoms with Crippen molar-refractivity contribution in [1.29, 1.82) is 0 Å². The van der Waals surface area contributed by atoms with Crippen molar-refractivity contribution in [1.82, 2.24) is 15.2 Å². The summed E-state index contributed by atoms with van der Waals surface area (Å²) >= 11 is 1.44. The van der Waals surface area contributed by atoms with Crippen LogP contribution in [0.2, 0.25) is 0 Å². The van der Waals surface area contributed by atoms with Gasteiger partial charge in [-0.1, -0.05) is 26.0 Å². The van der Waals surface area contributed by atoms with Crippen LogP contribution < -0.4 is 10.1 Å². The lowest BCUT2D eigenvalue weighted by atomic mass is 9.94. The first-order valence-electron chi connectivity index (χ1n) is 10.1. The van der Waals surface area contributed by atoms with Crippen LogP contribution in [0.5, 0.6) is 5.75 Å². The van der Waals surface area contributed by atoms with Crippen LogP contribution in [0.25, 0.3) is 10.6 Å². The van der Waals surface area contributed by atoms with Gasteiger partial charge in [0, 0.05) is 30.4 Å². The second-order valence-corrected chi connectivity index (χ2v) is 8.70. The van der Waals surface area contributed by atoms with Crippen LogP contribution in [0.4, 0.5) is 0 Å². The Morgan fingerprint density at radius 2 is 1.90 bits per heavy atom. The Labute approximate surface area is 176 Å². The largest absolute Gasteiger partial charge is 0.496 e. The summed E-state index contributed by atoms with van der Waals surface area (Å²) in [6.07, 6.45) is 1.37. The minimum atomic E-state index is -0.0724. The number of ether oxygens (including phenoxy) is 1. The number of carbonyl (C=O) groups is 2. The second-order valence-electron chi connectivity index (χ2n) is 7.85. The fraction of sp³-hybridized carbons (Fsp3) is 0.500. The van der Waals surface area contributed by atoms with Gasteiger partial charge in [-0.15, -0.1) is 11.3 Å². The SMILES string of the molecule is COc1ccccc1-c1nc(C(=O)N2CCC(C(=O)NC(C)C(C)C)CC2)cs1. The Hall–Kier alpha value is -2.41. The molecular formula is C22H29N3O3S. The van der Waals surface area contributed by atoms with E-state index in [4.69, 9.17) is 4.74 Å². The Morgan fingerprint density at radius 1 is 1.21 bits per heavy atom. The molecule has 1 N–H and O–H groups in total. The number of thiazole rings is 1. The monoisotopic (exact) mass is 415 g/mol. The first-order valence-corrected chi connectivity index (χ1v) is 11.0. The van der Waals surface area contributed by atoms with Gasteiger partial charge in [0.2, 0.25) is 5.91 Å². The van der Waals surface area contributed by atoms with Gasteiger partial charge in [0.1, 0.15) is 16.5 Å². The molecule has 29 heavy (non-hydrogen) atoms. The van der Waals surface area contributed by atoms with E-state index in [2.05, 4.69) is 24.1 Å². The van der Waals surface area contributed by atoms with Crippen molar-refractivity contribution in [2.45, 2.75) is 39.7 Å². The summed E-state index contributed by atoms with van der Waals surface area (Å²) in [6, 6.07) is 7.81. The highest BCUT2D eigenvalue weighted by molar-refractivity contribution is 7.13. The lowest BCUT2D eigenvalue weighted by molar-refractivity contribution is -0.127. The molecule has 1 unspecified atom stereocenters. The summed E-state index contributed by atoms with van der Waals surface area (Å²) < 4.78 is 5.40. The summed E-state index contributed by atoms with van der Waals surface area (Å²) in [4.78, 5) is 31.7. The van der Waals surface area contributed by atoms with Crippen LogP contribution in [0, 0.1) is 11.8 Å². The van der Waals surface area contributed by atoms with E-state index in [-0.39, 0.29) is 23.8 Å². The third-order valence-corrected chi connectivity index (χ3v) is 6.46. The molecule has 156 valence electrons. The summed E-state index contributed by atoms with van der Waals surface area (Å²) in [7, 11) is 1.63. The fourth-order valence-corrected chi connectivity index (χ4v) is 4.16. The molecule has 1 fully saturated rings. The number of piperidine rings is 1. The lowest BCUT2D eigenvalue weighted by Gasteiger charge is -2.32. The maximum Gasteiger partial charge on any atom is 0.273 e. The third kappa shape index (κ3) is 4.96. The van der Waals surface area contributed by atoms with Crippen LogP contribution in [0.1, 0.15) is 44.1 Å². The predicted octanol–water partition coefficient (Wildman–Crippen LogP) is 3.83. The number of benzene rings is 1. The fourth-order valence-electron chi connectivity index (χ4n) is 3.33. The molecule has 7 heteroatoms. The van der Waals surface area contributed by atoms with E-state index in [1.54, 1.807) is 17.4 Å². The van der Waals surface area contributed by atoms with Gasteiger partial charge in [-0.2, -0.15) is 0 Å². The molecule has 1 atom stereocenters. The molecular weight excluding hydrogens is 386 g/mol. The first-order chi connectivity index (χ1) is 13.9. The smallest absolute Gasteiger partial charge is 0.273 e. The van der Waals surface area contributed by atoms with Crippen molar-refractivity contribution < 1.29 is 14.3 Å². The molecule has 0 radical (unpaired) electrons. The van der Waals surface area contributed by atoms with Gasteiger partial charge in [0.25, 0.3) is 5.91 Å². The van der Waals surface area contributed by atoms with E-state index < -0.39 is 0 Å². The van der Waals surface area contributed by atoms with Gasteiger partial charge >= 0.3 is 0 Å². The molecule has 1 aromatic carbocycles. The Morgan fingerprint density at radius 3 is 2.55 bits per heavy atom. The Kier molecular flexibility index (Phi) is 6.90. The first kappa shape index (κ1) is 21.3.